The zero-order valence-electron chi connectivity index (χ0n) is 13.2. The third-order valence-electron chi connectivity index (χ3n) is 3.83. The monoisotopic (exact) mass is 289 g/mol. The van der Waals surface area contributed by atoms with Gasteiger partial charge in [0.25, 0.3) is 0 Å². The molecule has 0 radical (unpaired) electrons. The van der Waals surface area contributed by atoms with Gasteiger partial charge in [-0.25, -0.2) is 0 Å². The number of anilines is 1. The average Bonchev–Trinajstić information content (AvgIpc) is 2.66. The van der Waals surface area contributed by atoms with E-state index in [9.17, 15) is 0 Å². The molecular weight excluding hydrogens is 262 g/mol. The molecule has 0 unspecified atom stereocenters. The van der Waals surface area contributed by atoms with Gasteiger partial charge in [-0.1, -0.05) is 17.7 Å². The van der Waals surface area contributed by atoms with Crippen LogP contribution in [0.3, 0.4) is 0 Å². The van der Waals surface area contributed by atoms with Gasteiger partial charge in [-0.3, -0.25) is 4.99 Å². The molecule has 2 rings (SSSR count). The lowest BCUT2D eigenvalue weighted by atomic mass is 10.2. The Balaban J connectivity index is 1.74. The first-order chi connectivity index (χ1) is 10.1. The smallest absolute Gasteiger partial charge is 0.193 e. The van der Waals surface area contributed by atoms with Gasteiger partial charge < -0.3 is 20.9 Å². The van der Waals surface area contributed by atoms with Crippen LogP contribution in [-0.4, -0.2) is 62.1 Å². The summed E-state index contributed by atoms with van der Waals surface area (Å²) in [5.41, 5.74) is 8.15. The van der Waals surface area contributed by atoms with Crippen molar-refractivity contribution in [3.05, 3.63) is 29.8 Å². The molecule has 116 valence electrons. The van der Waals surface area contributed by atoms with Crippen LogP contribution in [0.15, 0.2) is 29.3 Å². The molecule has 1 fully saturated rings. The summed E-state index contributed by atoms with van der Waals surface area (Å²) in [5, 5.41) is 3.13. The van der Waals surface area contributed by atoms with E-state index >= 15 is 0 Å². The van der Waals surface area contributed by atoms with E-state index in [0.29, 0.717) is 5.96 Å². The van der Waals surface area contributed by atoms with Crippen LogP contribution in [0, 0.1) is 6.92 Å². The van der Waals surface area contributed by atoms with Crippen molar-refractivity contribution in [2.75, 3.05) is 51.6 Å². The molecule has 0 atom stereocenters. The molecular formula is C16H27N5. The van der Waals surface area contributed by atoms with Gasteiger partial charge in [0.05, 0.1) is 6.54 Å². The van der Waals surface area contributed by atoms with E-state index in [1.165, 1.54) is 18.5 Å². The maximum atomic E-state index is 5.92. The molecule has 0 aliphatic carbocycles. The maximum Gasteiger partial charge on any atom is 0.193 e. The second kappa shape index (κ2) is 8.00. The Labute approximate surface area is 127 Å². The van der Waals surface area contributed by atoms with Crippen molar-refractivity contribution in [1.29, 1.82) is 0 Å². The number of hydrogen-bond acceptors (Lipinski definition) is 3. The third kappa shape index (κ3) is 5.73. The van der Waals surface area contributed by atoms with Gasteiger partial charge in [-0.05, 0) is 45.6 Å². The number of hydrogen-bond donors (Lipinski definition) is 2. The number of benzene rings is 1. The van der Waals surface area contributed by atoms with Crippen molar-refractivity contribution < 1.29 is 0 Å². The summed E-state index contributed by atoms with van der Waals surface area (Å²) in [6, 6.07) is 8.15. The van der Waals surface area contributed by atoms with Gasteiger partial charge in [0, 0.05) is 25.3 Å². The minimum atomic E-state index is 0.491. The zero-order chi connectivity index (χ0) is 15.1. The quantitative estimate of drug-likeness (QED) is 0.649. The molecule has 0 spiro atoms. The number of nitrogens with two attached hydrogens (primary N) is 1. The molecule has 1 aliphatic rings. The lowest BCUT2D eigenvalue weighted by Crippen LogP contribution is -2.32. The molecule has 5 heteroatoms. The van der Waals surface area contributed by atoms with Crippen molar-refractivity contribution >= 4 is 11.6 Å². The molecule has 21 heavy (non-hydrogen) atoms. The molecule has 0 amide bonds. The summed E-state index contributed by atoms with van der Waals surface area (Å²) in [5.74, 6) is 0.491. The first-order valence-corrected chi connectivity index (χ1v) is 7.68. The van der Waals surface area contributed by atoms with Crippen LogP contribution in [0.4, 0.5) is 5.69 Å². The van der Waals surface area contributed by atoms with Crippen LogP contribution in [0.1, 0.15) is 12.0 Å². The van der Waals surface area contributed by atoms with Crippen molar-refractivity contribution in [3.8, 4) is 0 Å². The Kier molecular flexibility index (Phi) is 6.02. The minimum absolute atomic E-state index is 0.491. The Morgan fingerprint density at radius 3 is 2.71 bits per heavy atom. The minimum Gasteiger partial charge on any atom is -0.370 e. The lowest BCUT2D eigenvalue weighted by Gasteiger charge is -2.18. The Morgan fingerprint density at radius 1 is 1.19 bits per heavy atom. The number of nitrogens with zero attached hydrogens (tertiary/aromatic N) is 3. The average molecular weight is 289 g/mol. The zero-order valence-corrected chi connectivity index (χ0v) is 13.2. The van der Waals surface area contributed by atoms with Crippen molar-refractivity contribution in [2.45, 2.75) is 13.3 Å². The Bertz CT molecular complexity index is 454. The number of likely N-dealkylation sites (N-methyl/N-ethyl adjacent to an activating group) is 1. The largest absolute Gasteiger partial charge is 0.370 e. The van der Waals surface area contributed by atoms with E-state index in [2.05, 4.69) is 46.2 Å². The molecule has 5 nitrogen and oxygen atoms in total. The number of rotatable bonds is 4. The fraction of sp³-hybridized carbons (Fsp3) is 0.562. The van der Waals surface area contributed by atoms with Crippen LogP contribution in [0.25, 0.3) is 0 Å². The highest BCUT2D eigenvalue weighted by atomic mass is 15.2. The highest BCUT2D eigenvalue weighted by Gasteiger charge is 2.10. The van der Waals surface area contributed by atoms with Crippen molar-refractivity contribution in [1.82, 2.24) is 9.80 Å². The van der Waals surface area contributed by atoms with Crippen LogP contribution in [-0.2, 0) is 0 Å². The normalized spacial score (nSPS) is 18.5. The molecule has 3 N–H and O–H groups in total. The highest BCUT2D eigenvalue weighted by Crippen LogP contribution is 2.07. The summed E-state index contributed by atoms with van der Waals surface area (Å²) in [4.78, 5) is 9.26. The molecule has 1 heterocycles. The highest BCUT2D eigenvalue weighted by molar-refractivity contribution is 5.92. The van der Waals surface area contributed by atoms with Crippen LogP contribution >= 0.6 is 0 Å². The SMILES string of the molecule is Cc1ccc(NC(N)=NCCN2CCCN(C)CC2)cc1. The van der Waals surface area contributed by atoms with E-state index in [4.69, 9.17) is 5.73 Å². The molecule has 1 saturated heterocycles. The summed E-state index contributed by atoms with van der Waals surface area (Å²) >= 11 is 0. The molecule has 1 aromatic rings. The summed E-state index contributed by atoms with van der Waals surface area (Å²) in [6.07, 6.45) is 1.23. The molecule has 0 bridgehead atoms. The molecule has 0 saturated carbocycles. The summed E-state index contributed by atoms with van der Waals surface area (Å²) in [6.45, 7) is 8.40. The van der Waals surface area contributed by atoms with E-state index in [1.54, 1.807) is 0 Å². The van der Waals surface area contributed by atoms with E-state index in [1.807, 2.05) is 12.1 Å². The lowest BCUT2D eigenvalue weighted by molar-refractivity contribution is 0.283. The summed E-state index contributed by atoms with van der Waals surface area (Å²) in [7, 11) is 2.19. The van der Waals surface area contributed by atoms with Crippen LogP contribution in [0.2, 0.25) is 0 Å². The van der Waals surface area contributed by atoms with E-state index in [0.717, 1.165) is 38.4 Å². The summed E-state index contributed by atoms with van der Waals surface area (Å²) < 4.78 is 0. The second-order valence-corrected chi connectivity index (χ2v) is 5.76. The van der Waals surface area contributed by atoms with E-state index < -0.39 is 0 Å². The fourth-order valence-electron chi connectivity index (χ4n) is 2.46. The number of nitrogens with one attached hydrogen (secondary N) is 1. The molecule has 0 aromatic heterocycles. The Hall–Kier alpha value is -1.59. The second-order valence-electron chi connectivity index (χ2n) is 5.76. The maximum absolute atomic E-state index is 5.92. The van der Waals surface area contributed by atoms with Crippen molar-refractivity contribution in [2.24, 2.45) is 10.7 Å². The fourth-order valence-corrected chi connectivity index (χ4v) is 2.46. The number of aryl methyl sites for hydroxylation is 1. The van der Waals surface area contributed by atoms with Gasteiger partial charge in [0.15, 0.2) is 5.96 Å². The first-order valence-electron chi connectivity index (χ1n) is 7.68. The van der Waals surface area contributed by atoms with Gasteiger partial charge >= 0.3 is 0 Å². The van der Waals surface area contributed by atoms with Gasteiger partial charge in [-0.15, -0.1) is 0 Å². The predicted molar refractivity (Wildman–Crippen MR) is 89.8 cm³/mol. The van der Waals surface area contributed by atoms with Gasteiger partial charge in [-0.2, -0.15) is 0 Å². The number of aliphatic imine (C=N–C) groups is 1. The Morgan fingerprint density at radius 2 is 1.95 bits per heavy atom. The van der Waals surface area contributed by atoms with Crippen molar-refractivity contribution in [3.63, 3.8) is 0 Å². The standard InChI is InChI=1S/C16H27N5/c1-14-4-6-15(7-5-14)19-16(17)18-8-11-21-10-3-9-20(2)12-13-21/h4-7H,3,8-13H2,1-2H3,(H3,17,18,19). The van der Waals surface area contributed by atoms with Crippen LogP contribution < -0.4 is 11.1 Å². The van der Waals surface area contributed by atoms with Gasteiger partial charge in [0.2, 0.25) is 0 Å². The molecule has 1 aromatic carbocycles. The topological polar surface area (TPSA) is 56.9 Å². The van der Waals surface area contributed by atoms with Crippen LogP contribution in [0.5, 0.6) is 0 Å². The molecule has 1 aliphatic heterocycles. The first kappa shape index (κ1) is 15.8. The predicted octanol–water partition coefficient (Wildman–Crippen LogP) is 1.36. The van der Waals surface area contributed by atoms with Gasteiger partial charge in [0.1, 0.15) is 0 Å². The van der Waals surface area contributed by atoms with E-state index in [-0.39, 0.29) is 0 Å². The third-order valence-corrected chi connectivity index (χ3v) is 3.83. The number of guanidine groups is 1.